The molecule has 5 heteroatoms. The molecular formula is C14H15Br2N3. The van der Waals surface area contributed by atoms with Crippen LogP contribution < -0.4 is 5.32 Å². The minimum absolute atomic E-state index is 0.743. The lowest BCUT2D eigenvalue weighted by molar-refractivity contribution is 1.06. The van der Waals surface area contributed by atoms with Gasteiger partial charge in [-0.1, -0.05) is 22.0 Å². The van der Waals surface area contributed by atoms with E-state index < -0.39 is 0 Å². The summed E-state index contributed by atoms with van der Waals surface area (Å²) in [4.78, 5) is 9.12. The molecule has 0 spiro atoms. The van der Waals surface area contributed by atoms with E-state index in [0.717, 1.165) is 38.4 Å². The van der Waals surface area contributed by atoms with Gasteiger partial charge in [0.1, 0.15) is 5.82 Å². The minimum Gasteiger partial charge on any atom is -0.369 e. The third kappa shape index (κ3) is 3.15. The van der Waals surface area contributed by atoms with Gasteiger partial charge in [-0.3, -0.25) is 0 Å². The highest BCUT2D eigenvalue weighted by Gasteiger charge is 2.10. The molecule has 1 aromatic carbocycles. The number of rotatable bonds is 3. The zero-order valence-electron chi connectivity index (χ0n) is 11.1. The average molecular weight is 385 g/mol. The van der Waals surface area contributed by atoms with Crippen LogP contribution in [-0.4, -0.2) is 16.5 Å². The Hall–Kier alpha value is -0.940. The summed E-state index contributed by atoms with van der Waals surface area (Å²) in [5.41, 5.74) is 3.13. The van der Waals surface area contributed by atoms with Gasteiger partial charge in [0.15, 0.2) is 5.82 Å². The fourth-order valence-corrected chi connectivity index (χ4v) is 2.32. The second kappa shape index (κ2) is 6.01. The van der Waals surface area contributed by atoms with Crippen LogP contribution in [-0.2, 0) is 0 Å². The molecule has 0 fully saturated rings. The third-order valence-corrected chi connectivity index (χ3v) is 4.62. The first-order chi connectivity index (χ1) is 9.02. The van der Waals surface area contributed by atoms with E-state index in [1.165, 1.54) is 5.56 Å². The maximum absolute atomic E-state index is 4.58. The molecule has 0 saturated heterocycles. The molecule has 0 unspecified atom stereocenters. The van der Waals surface area contributed by atoms with E-state index in [4.69, 9.17) is 0 Å². The predicted octanol–water partition coefficient (Wildman–Crippen LogP) is 4.72. The lowest BCUT2D eigenvalue weighted by Crippen LogP contribution is -2.04. The molecule has 0 atom stereocenters. The summed E-state index contributed by atoms with van der Waals surface area (Å²) in [6.45, 7) is 6.91. The van der Waals surface area contributed by atoms with Gasteiger partial charge < -0.3 is 5.32 Å². The molecule has 1 N–H and O–H groups in total. The second-order valence-corrected chi connectivity index (χ2v) is 5.94. The summed E-state index contributed by atoms with van der Waals surface area (Å²) in [5.74, 6) is 1.58. The van der Waals surface area contributed by atoms with E-state index >= 15 is 0 Å². The van der Waals surface area contributed by atoms with Crippen LogP contribution in [0.5, 0.6) is 0 Å². The van der Waals surface area contributed by atoms with Crippen LogP contribution in [0.3, 0.4) is 0 Å². The van der Waals surface area contributed by atoms with E-state index in [9.17, 15) is 0 Å². The maximum atomic E-state index is 4.58. The van der Waals surface area contributed by atoms with Crippen LogP contribution in [0.15, 0.2) is 27.1 Å². The number of nitrogens with one attached hydrogen (secondary N) is 1. The van der Waals surface area contributed by atoms with Crippen molar-refractivity contribution in [3.05, 3.63) is 38.4 Å². The summed E-state index contributed by atoms with van der Waals surface area (Å²) in [6.07, 6.45) is 0. The van der Waals surface area contributed by atoms with Crippen molar-refractivity contribution < 1.29 is 0 Å². The largest absolute Gasteiger partial charge is 0.369 e. The topological polar surface area (TPSA) is 37.8 Å². The third-order valence-electron chi connectivity index (χ3n) is 2.78. The van der Waals surface area contributed by atoms with Crippen molar-refractivity contribution in [1.29, 1.82) is 0 Å². The first kappa shape index (κ1) is 14.5. The molecule has 100 valence electrons. The number of benzene rings is 1. The van der Waals surface area contributed by atoms with Gasteiger partial charge in [-0.15, -0.1) is 0 Å². The van der Waals surface area contributed by atoms with E-state index in [0.29, 0.717) is 0 Å². The van der Waals surface area contributed by atoms with Crippen LogP contribution in [0, 0.1) is 13.8 Å². The standard InChI is InChI=1S/C14H15Br2N3/c1-4-17-14-12(16)9(3)18-13(19-14)10-5-6-11(15)8(2)7-10/h5-7H,4H2,1-3H3,(H,17,18,19). The Kier molecular flexibility index (Phi) is 4.58. The lowest BCUT2D eigenvalue weighted by Gasteiger charge is -2.10. The number of hydrogen-bond donors (Lipinski definition) is 1. The Morgan fingerprint density at radius 2 is 1.89 bits per heavy atom. The second-order valence-electron chi connectivity index (χ2n) is 4.29. The maximum Gasteiger partial charge on any atom is 0.161 e. The minimum atomic E-state index is 0.743. The highest BCUT2D eigenvalue weighted by Crippen LogP contribution is 2.28. The molecule has 0 radical (unpaired) electrons. The van der Waals surface area contributed by atoms with E-state index in [-0.39, 0.29) is 0 Å². The van der Waals surface area contributed by atoms with Crippen molar-refractivity contribution in [1.82, 2.24) is 9.97 Å². The highest BCUT2D eigenvalue weighted by molar-refractivity contribution is 9.11. The van der Waals surface area contributed by atoms with Gasteiger partial charge in [0.25, 0.3) is 0 Å². The van der Waals surface area contributed by atoms with Gasteiger partial charge in [-0.25, -0.2) is 9.97 Å². The van der Waals surface area contributed by atoms with Crippen LogP contribution in [0.2, 0.25) is 0 Å². The zero-order chi connectivity index (χ0) is 14.0. The number of halogens is 2. The molecule has 3 nitrogen and oxygen atoms in total. The molecule has 0 saturated carbocycles. The molecule has 19 heavy (non-hydrogen) atoms. The van der Waals surface area contributed by atoms with Crippen LogP contribution in [0.4, 0.5) is 5.82 Å². The molecule has 0 aliphatic rings. The molecule has 2 rings (SSSR count). The van der Waals surface area contributed by atoms with Crippen LogP contribution in [0.1, 0.15) is 18.2 Å². The Balaban J connectivity index is 2.52. The first-order valence-electron chi connectivity index (χ1n) is 6.07. The van der Waals surface area contributed by atoms with Crippen molar-refractivity contribution in [2.24, 2.45) is 0 Å². The van der Waals surface area contributed by atoms with Crippen molar-refractivity contribution in [3.8, 4) is 11.4 Å². The normalized spacial score (nSPS) is 10.6. The summed E-state index contributed by atoms with van der Waals surface area (Å²) < 4.78 is 2.02. The number of aromatic nitrogens is 2. The summed E-state index contributed by atoms with van der Waals surface area (Å²) in [5, 5.41) is 3.25. The highest BCUT2D eigenvalue weighted by atomic mass is 79.9. The van der Waals surface area contributed by atoms with Crippen LogP contribution >= 0.6 is 31.9 Å². The van der Waals surface area contributed by atoms with E-state index in [1.54, 1.807) is 0 Å². The van der Waals surface area contributed by atoms with Gasteiger partial charge in [0, 0.05) is 16.6 Å². The number of aryl methyl sites for hydroxylation is 2. The van der Waals surface area contributed by atoms with Crippen molar-refractivity contribution in [3.63, 3.8) is 0 Å². The summed E-state index contributed by atoms with van der Waals surface area (Å²) >= 11 is 7.03. The Morgan fingerprint density at radius 3 is 2.53 bits per heavy atom. The fourth-order valence-electron chi connectivity index (χ4n) is 1.76. The van der Waals surface area contributed by atoms with E-state index in [1.807, 2.05) is 26.0 Å². The van der Waals surface area contributed by atoms with Gasteiger partial charge in [-0.05, 0) is 54.4 Å². The van der Waals surface area contributed by atoms with Crippen molar-refractivity contribution in [2.75, 3.05) is 11.9 Å². The van der Waals surface area contributed by atoms with Gasteiger partial charge in [0.2, 0.25) is 0 Å². The Morgan fingerprint density at radius 1 is 1.16 bits per heavy atom. The fraction of sp³-hybridized carbons (Fsp3) is 0.286. The molecule has 0 aliphatic heterocycles. The molecule has 0 bridgehead atoms. The molecule has 0 amide bonds. The van der Waals surface area contributed by atoms with Crippen LogP contribution in [0.25, 0.3) is 11.4 Å². The molecule has 1 heterocycles. The van der Waals surface area contributed by atoms with Gasteiger partial charge >= 0.3 is 0 Å². The number of hydrogen-bond acceptors (Lipinski definition) is 3. The average Bonchev–Trinajstić information content (AvgIpc) is 2.38. The molecule has 1 aromatic heterocycles. The molecular weight excluding hydrogens is 370 g/mol. The monoisotopic (exact) mass is 383 g/mol. The molecule has 0 aliphatic carbocycles. The van der Waals surface area contributed by atoms with Crippen molar-refractivity contribution in [2.45, 2.75) is 20.8 Å². The van der Waals surface area contributed by atoms with Crippen molar-refractivity contribution >= 4 is 37.7 Å². The quantitative estimate of drug-likeness (QED) is 0.831. The Bertz CT molecular complexity index is 612. The van der Waals surface area contributed by atoms with Gasteiger partial charge in [-0.2, -0.15) is 0 Å². The number of nitrogens with zero attached hydrogens (tertiary/aromatic N) is 2. The van der Waals surface area contributed by atoms with E-state index in [2.05, 4.69) is 60.1 Å². The smallest absolute Gasteiger partial charge is 0.161 e. The summed E-state index contributed by atoms with van der Waals surface area (Å²) in [6, 6.07) is 6.14. The zero-order valence-corrected chi connectivity index (χ0v) is 14.3. The Labute approximate surface area is 130 Å². The summed E-state index contributed by atoms with van der Waals surface area (Å²) in [7, 11) is 0. The lowest BCUT2D eigenvalue weighted by atomic mass is 10.1. The molecule has 2 aromatic rings. The first-order valence-corrected chi connectivity index (χ1v) is 7.66. The van der Waals surface area contributed by atoms with Gasteiger partial charge in [0.05, 0.1) is 10.2 Å². The predicted molar refractivity (Wildman–Crippen MR) is 86.5 cm³/mol. The number of anilines is 1. The SMILES string of the molecule is CCNc1nc(-c2ccc(Br)c(C)c2)nc(C)c1Br.